The first-order valence-electron chi connectivity index (χ1n) is 4.32. The van der Waals surface area contributed by atoms with Crippen molar-refractivity contribution in [2.24, 2.45) is 0 Å². The molecule has 0 fully saturated rings. The van der Waals surface area contributed by atoms with Gasteiger partial charge in [0.2, 0.25) is 0 Å². The highest BCUT2D eigenvalue weighted by Crippen LogP contribution is 2.02. The molecule has 1 atom stereocenters. The maximum atomic E-state index is 3.81. The third-order valence-corrected chi connectivity index (χ3v) is 1.77. The second kappa shape index (κ2) is 6.02. The van der Waals surface area contributed by atoms with Crippen LogP contribution < -0.4 is 5.32 Å². The summed E-state index contributed by atoms with van der Waals surface area (Å²) in [5.74, 6) is 0. The zero-order valence-corrected chi connectivity index (χ0v) is 7.69. The second-order valence-electron chi connectivity index (χ2n) is 2.77. The third-order valence-electron chi connectivity index (χ3n) is 1.77. The number of allylic oxidation sites excluding steroid dienone is 1. The fourth-order valence-electron chi connectivity index (χ4n) is 1.05. The van der Waals surface area contributed by atoms with E-state index in [4.69, 9.17) is 0 Å². The maximum Gasteiger partial charge on any atom is 0.0263 e. The van der Waals surface area contributed by atoms with Crippen molar-refractivity contribution in [3.05, 3.63) is 24.9 Å². The van der Waals surface area contributed by atoms with Gasteiger partial charge in [0, 0.05) is 11.7 Å². The summed E-state index contributed by atoms with van der Waals surface area (Å²) in [4.78, 5) is 0. The van der Waals surface area contributed by atoms with Gasteiger partial charge in [0.25, 0.3) is 0 Å². The molecule has 1 heteroatoms. The average Bonchev–Trinajstić information content (AvgIpc) is 2.03. The Morgan fingerprint density at radius 3 is 2.55 bits per heavy atom. The van der Waals surface area contributed by atoms with E-state index in [0.29, 0.717) is 6.04 Å². The Balaban J connectivity index is 3.67. The van der Waals surface area contributed by atoms with Gasteiger partial charge in [-0.3, -0.25) is 0 Å². The summed E-state index contributed by atoms with van der Waals surface area (Å²) >= 11 is 0. The summed E-state index contributed by atoms with van der Waals surface area (Å²) < 4.78 is 0. The van der Waals surface area contributed by atoms with E-state index >= 15 is 0 Å². The molecule has 0 aliphatic carbocycles. The van der Waals surface area contributed by atoms with Crippen molar-refractivity contribution in [1.29, 1.82) is 0 Å². The standard InChI is InChI=1S/C10H19N/c1-5-8-10(7-3)11-9(4)6-2/h6,10-11H,2,4-5,7-8H2,1,3H3. The molecule has 64 valence electrons. The molecule has 0 aliphatic heterocycles. The maximum absolute atomic E-state index is 3.81. The first-order valence-corrected chi connectivity index (χ1v) is 4.32. The molecule has 1 nitrogen and oxygen atoms in total. The Hall–Kier alpha value is -0.720. The first kappa shape index (κ1) is 10.3. The molecule has 1 N–H and O–H groups in total. The van der Waals surface area contributed by atoms with E-state index in [-0.39, 0.29) is 0 Å². The number of hydrogen-bond donors (Lipinski definition) is 1. The first-order chi connectivity index (χ1) is 5.24. The SMILES string of the molecule is C=CC(=C)NC(CC)CCC. The summed E-state index contributed by atoms with van der Waals surface area (Å²) in [6.07, 6.45) is 5.35. The summed E-state index contributed by atoms with van der Waals surface area (Å²) in [5.41, 5.74) is 0.935. The van der Waals surface area contributed by atoms with Crippen LogP contribution in [-0.2, 0) is 0 Å². The molecule has 1 unspecified atom stereocenters. The summed E-state index contributed by atoms with van der Waals surface area (Å²) in [6.45, 7) is 11.8. The van der Waals surface area contributed by atoms with Crippen molar-refractivity contribution in [2.75, 3.05) is 0 Å². The predicted molar refractivity (Wildman–Crippen MR) is 51.5 cm³/mol. The van der Waals surface area contributed by atoms with Crippen molar-refractivity contribution in [3.63, 3.8) is 0 Å². The molecular weight excluding hydrogens is 134 g/mol. The fourth-order valence-corrected chi connectivity index (χ4v) is 1.05. The van der Waals surface area contributed by atoms with Gasteiger partial charge in [0.05, 0.1) is 0 Å². The van der Waals surface area contributed by atoms with Crippen molar-refractivity contribution in [3.8, 4) is 0 Å². The predicted octanol–water partition coefficient (Wildman–Crippen LogP) is 2.85. The Morgan fingerprint density at radius 1 is 1.55 bits per heavy atom. The van der Waals surface area contributed by atoms with Crippen LogP contribution in [0.4, 0.5) is 0 Å². The zero-order chi connectivity index (χ0) is 8.69. The van der Waals surface area contributed by atoms with E-state index in [1.807, 2.05) is 0 Å². The van der Waals surface area contributed by atoms with Crippen LogP contribution in [0.3, 0.4) is 0 Å². The third kappa shape index (κ3) is 4.65. The quantitative estimate of drug-likeness (QED) is 0.578. The number of hydrogen-bond acceptors (Lipinski definition) is 1. The van der Waals surface area contributed by atoms with E-state index in [1.165, 1.54) is 12.8 Å². The lowest BCUT2D eigenvalue weighted by Gasteiger charge is -2.16. The highest BCUT2D eigenvalue weighted by atomic mass is 14.9. The monoisotopic (exact) mass is 153 g/mol. The average molecular weight is 153 g/mol. The van der Waals surface area contributed by atoms with Crippen LogP contribution in [0.25, 0.3) is 0 Å². The zero-order valence-electron chi connectivity index (χ0n) is 7.69. The van der Waals surface area contributed by atoms with Gasteiger partial charge in [-0.25, -0.2) is 0 Å². The van der Waals surface area contributed by atoms with Gasteiger partial charge in [-0.2, -0.15) is 0 Å². The van der Waals surface area contributed by atoms with E-state index < -0.39 is 0 Å². The van der Waals surface area contributed by atoms with E-state index in [0.717, 1.165) is 12.1 Å². The Morgan fingerprint density at radius 2 is 2.18 bits per heavy atom. The molecule has 0 aromatic rings. The second-order valence-corrected chi connectivity index (χ2v) is 2.77. The highest BCUT2D eigenvalue weighted by Gasteiger charge is 2.02. The van der Waals surface area contributed by atoms with E-state index in [1.54, 1.807) is 6.08 Å². The summed E-state index contributed by atoms with van der Waals surface area (Å²) in [6, 6.07) is 0.575. The molecule has 0 amide bonds. The Bertz CT molecular complexity index is 127. The van der Waals surface area contributed by atoms with Crippen LogP contribution >= 0.6 is 0 Å². The van der Waals surface area contributed by atoms with Crippen molar-refractivity contribution >= 4 is 0 Å². The smallest absolute Gasteiger partial charge is 0.0263 e. The van der Waals surface area contributed by atoms with Gasteiger partial charge in [-0.05, 0) is 18.9 Å². The lowest BCUT2D eigenvalue weighted by molar-refractivity contribution is 0.511. The van der Waals surface area contributed by atoms with Crippen LogP contribution in [-0.4, -0.2) is 6.04 Å². The van der Waals surface area contributed by atoms with Crippen LogP contribution in [0, 0.1) is 0 Å². The van der Waals surface area contributed by atoms with Gasteiger partial charge in [0.1, 0.15) is 0 Å². The highest BCUT2D eigenvalue weighted by molar-refractivity contribution is 5.09. The van der Waals surface area contributed by atoms with E-state index in [9.17, 15) is 0 Å². The lowest BCUT2D eigenvalue weighted by Crippen LogP contribution is -2.26. The molecule has 0 aromatic heterocycles. The van der Waals surface area contributed by atoms with Crippen molar-refractivity contribution < 1.29 is 0 Å². The fraction of sp³-hybridized carbons (Fsp3) is 0.600. The normalized spacial score (nSPS) is 12.2. The molecule has 0 bridgehead atoms. The van der Waals surface area contributed by atoms with Gasteiger partial charge in [-0.15, -0.1) is 0 Å². The van der Waals surface area contributed by atoms with Crippen LogP contribution in [0.2, 0.25) is 0 Å². The van der Waals surface area contributed by atoms with Crippen molar-refractivity contribution in [1.82, 2.24) is 5.32 Å². The van der Waals surface area contributed by atoms with Gasteiger partial charge < -0.3 is 5.32 Å². The van der Waals surface area contributed by atoms with Crippen LogP contribution in [0.1, 0.15) is 33.1 Å². The van der Waals surface area contributed by atoms with Gasteiger partial charge in [0.15, 0.2) is 0 Å². The Labute approximate surface area is 70.2 Å². The van der Waals surface area contributed by atoms with Gasteiger partial charge >= 0.3 is 0 Å². The van der Waals surface area contributed by atoms with E-state index in [2.05, 4.69) is 32.3 Å². The largest absolute Gasteiger partial charge is 0.383 e. The molecule has 0 saturated carbocycles. The molecule has 0 radical (unpaired) electrons. The molecule has 0 aliphatic rings. The van der Waals surface area contributed by atoms with Crippen molar-refractivity contribution in [2.45, 2.75) is 39.2 Å². The van der Waals surface area contributed by atoms with Crippen LogP contribution in [0.5, 0.6) is 0 Å². The minimum Gasteiger partial charge on any atom is -0.383 e. The molecule has 0 heterocycles. The minimum absolute atomic E-state index is 0.575. The number of rotatable bonds is 6. The molecule has 0 rings (SSSR count). The summed E-state index contributed by atoms with van der Waals surface area (Å²) in [5, 5.41) is 3.30. The van der Waals surface area contributed by atoms with Crippen LogP contribution in [0.15, 0.2) is 24.9 Å². The summed E-state index contributed by atoms with van der Waals surface area (Å²) in [7, 11) is 0. The topological polar surface area (TPSA) is 12.0 Å². The molecule has 0 aromatic carbocycles. The lowest BCUT2D eigenvalue weighted by atomic mass is 10.1. The molecule has 0 spiro atoms. The minimum atomic E-state index is 0.575. The molecule has 11 heavy (non-hydrogen) atoms. The Kier molecular flexibility index (Phi) is 5.63. The molecule has 0 saturated heterocycles. The van der Waals surface area contributed by atoms with Gasteiger partial charge in [-0.1, -0.05) is 33.4 Å². The molecular formula is C10H19N. The number of nitrogens with one attached hydrogen (secondary N) is 1.